The second kappa shape index (κ2) is 11.9. The van der Waals surface area contributed by atoms with Crippen molar-refractivity contribution in [3.05, 3.63) is 23.0 Å². The van der Waals surface area contributed by atoms with Crippen molar-refractivity contribution in [3.8, 4) is 0 Å². The van der Waals surface area contributed by atoms with Gasteiger partial charge in [0.05, 0.1) is 19.0 Å². The number of anilines is 2. The molecule has 6 rings (SSSR count). The van der Waals surface area contributed by atoms with Gasteiger partial charge in [0, 0.05) is 24.2 Å². The molecular formula is C20H25F2N11O7P2. The number of ether oxygens (including phenoxy) is 2. The normalized spacial score (nSPS) is 30.0. The zero-order chi connectivity index (χ0) is 29.5. The summed E-state index contributed by atoms with van der Waals surface area (Å²) in [5.74, 6) is -0.723. The fourth-order valence-electron chi connectivity index (χ4n) is 5.04. The molecule has 2 saturated heterocycles. The molecule has 0 bridgehead atoms. The van der Waals surface area contributed by atoms with Gasteiger partial charge in [-0.2, -0.15) is 9.67 Å². The second-order valence-corrected chi connectivity index (χ2v) is 10.8. The highest BCUT2D eigenvalue weighted by molar-refractivity contribution is 7.32. The first-order chi connectivity index (χ1) is 20.3. The molecule has 4 aromatic heterocycles. The lowest BCUT2D eigenvalue weighted by Crippen LogP contribution is -2.30. The van der Waals surface area contributed by atoms with Gasteiger partial charge in [-0.1, -0.05) is 5.21 Å². The number of halogens is 2. The van der Waals surface area contributed by atoms with Crippen LogP contribution in [-0.4, -0.2) is 93.3 Å². The summed E-state index contributed by atoms with van der Waals surface area (Å²) in [5.41, 5.74) is 11.2. The second-order valence-electron chi connectivity index (χ2n) is 9.46. The fourth-order valence-corrected chi connectivity index (χ4v) is 6.15. The first-order valence-corrected chi connectivity index (χ1v) is 14.0. The third-order valence-electron chi connectivity index (χ3n) is 7.02. The molecule has 0 aliphatic carbocycles. The van der Waals surface area contributed by atoms with Gasteiger partial charge in [0.25, 0.3) is 5.56 Å². The molecule has 6 heterocycles. The number of aromatic amines is 1. The molecule has 42 heavy (non-hydrogen) atoms. The van der Waals surface area contributed by atoms with E-state index in [1.165, 1.54) is 21.9 Å². The van der Waals surface area contributed by atoms with Crippen molar-refractivity contribution in [3.63, 3.8) is 0 Å². The minimum atomic E-state index is -1.93. The van der Waals surface area contributed by atoms with Crippen LogP contribution >= 0.6 is 18.3 Å². The van der Waals surface area contributed by atoms with Crippen molar-refractivity contribution in [1.29, 1.82) is 0 Å². The van der Waals surface area contributed by atoms with Crippen LogP contribution in [0, 0.1) is 5.92 Å². The highest BCUT2D eigenvalue weighted by atomic mass is 31.1. The van der Waals surface area contributed by atoms with Crippen LogP contribution in [-0.2, 0) is 23.4 Å². The number of alkyl halides is 2. The average Bonchev–Trinajstić information content (AvgIpc) is 3.72. The molecular weight excluding hydrogens is 606 g/mol. The molecule has 226 valence electrons. The van der Waals surface area contributed by atoms with E-state index in [0.717, 1.165) is 0 Å². The number of imidazole rings is 1. The molecule has 0 aromatic carbocycles. The van der Waals surface area contributed by atoms with Crippen molar-refractivity contribution in [2.75, 3.05) is 24.2 Å². The van der Waals surface area contributed by atoms with E-state index in [2.05, 4.69) is 49.6 Å². The zero-order valence-electron chi connectivity index (χ0n) is 21.4. The molecule has 22 heteroatoms. The Balaban J connectivity index is 1.11. The molecule has 2 aliphatic heterocycles. The number of hydrogen-bond acceptors (Lipinski definition) is 15. The first kappa shape index (κ1) is 29.0. The number of rotatable bonds is 10. The molecule has 2 aliphatic rings. The molecule has 18 nitrogen and oxygen atoms in total. The Hall–Kier alpha value is -3.09. The van der Waals surface area contributed by atoms with Crippen LogP contribution < -0.4 is 17.0 Å². The Morgan fingerprint density at radius 3 is 2.76 bits per heavy atom. The van der Waals surface area contributed by atoms with E-state index in [1.54, 1.807) is 0 Å². The van der Waals surface area contributed by atoms with E-state index in [4.69, 9.17) is 30.0 Å². The smallest absolute Gasteiger partial charge is 0.280 e. The molecule has 3 unspecified atom stereocenters. The lowest BCUT2D eigenvalue weighted by atomic mass is 9.96. The number of fused-ring (bicyclic) bond motifs is 2. The van der Waals surface area contributed by atoms with Crippen LogP contribution in [0.15, 0.2) is 17.4 Å². The standard InChI is InChI=1S/C20H25F2N11O7P2/c21-8-6(7(3-36-41)37-17(8)33-14-10(30-31-33)13(23)25-4-26-14)1-2-42-40-19-9(22)12(39-35)18(38-19)32-5-27-11-15(32)28-20(24)29-16(11)34/h4-9,12,17-19,35,42H,1-3,41H2,(H2,23,25,26)(H3,24,28,29,34)/t6-,7-,8+,9+,12-,17-,18-,19?/m1/s1. The van der Waals surface area contributed by atoms with Crippen molar-refractivity contribution < 1.29 is 37.4 Å². The number of nitrogens with one attached hydrogen (secondary N) is 1. The third kappa shape index (κ3) is 5.07. The fraction of sp³-hybridized carbons (Fsp3) is 0.550. The summed E-state index contributed by atoms with van der Waals surface area (Å²) < 4.78 is 55.7. The Bertz CT molecular complexity index is 1630. The maximum absolute atomic E-state index is 15.7. The van der Waals surface area contributed by atoms with Crippen molar-refractivity contribution in [1.82, 2.24) is 44.5 Å². The van der Waals surface area contributed by atoms with E-state index in [0.29, 0.717) is 6.16 Å². The maximum atomic E-state index is 15.7. The highest BCUT2D eigenvalue weighted by Crippen LogP contribution is 2.42. The summed E-state index contributed by atoms with van der Waals surface area (Å²) >= 11 is 0. The SMILES string of the molecule is Nc1nc2c(ncn2[C@@H]2OC(OPCC[C@H]3[C@H](F)[C@H](n4nnc5c(N)ncnc54)O[C@@H]3COP)[C@@H](F)[C@H]2OO)c(=O)[nH]1. The summed E-state index contributed by atoms with van der Waals surface area (Å²) in [4.78, 5) is 34.7. The van der Waals surface area contributed by atoms with Crippen LogP contribution in [0.5, 0.6) is 0 Å². The van der Waals surface area contributed by atoms with E-state index >= 15 is 8.78 Å². The van der Waals surface area contributed by atoms with Gasteiger partial charge in [-0.3, -0.25) is 19.6 Å². The minimum absolute atomic E-state index is 0.0000300. The predicted octanol–water partition coefficient (Wildman–Crippen LogP) is 0.229. The average molecular weight is 631 g/mol. The van der Waals surface area contributed by atoms with E-state index in [9.17, 15) is 10.1 Å². The minimum Gasteiger partial charge on any atom is -0.382 e. The molecule has 0 spiro atoms. The summed E-state index contributed by atoms with van der Waals surface area (Å²) in [6.07, 6.45) is -6.49. The lowest BCUT2D eigenvalue weighted by molar-refractivity contribution is -0.300. The molecule has 0 radical (unpaired) electrons. The van der Waals surface area contributed by atoms with Crippen molar-refractivity contribution >= 4 is 52.4 Å². The van der Waals surface area contributed by atoms with Gasteiger partial charge in [-0.05, 0) is 12.6 Å². The van der Waals surface area contributed by atoms with Crippen LogP contribution in [0.25, 0.3) is 22.3 Å². The van der Waals surface area contributed by atoms with E-state index in [-0.39, 0.29) is 55.9 Å². The van der Waals surface area contributed by atoms with Gasteiger partial charge in [-0.25, -0.2) is 28.6 Å². The molecule has 4 aromatic rings. The molecule has 10 atom stereocenters. The Kier molecular flexibility index (Phi) is 8.21. The Morgan fingerprint density at radius 1 is 1.14 bits per heavy atom. The summed E-state index contributed by atoms with van der Waals surface area (Å²) in [5, 5.41) is 17.3. The van der Waals surface area contributed by atoms with E-state index < -0.39 is 54.8 Å². The van der Waals surface area contributed by atoms with Crippen LogP contribution in [0.4, 0.5) is 20.5 Å². The largest absolute Gasteiger partial charge is 0.382 e. The number of H-pyrrole nitrogens is 1. The van der Waals surface area contributed by atoms with Gasteiger partial charge in [0.15, 0.2) is 65.3 Å². The summed E-state index contributed by atoms with van der Waals surface area (Å²) in [6.45, 7) is 0.0791. The number of aromatic nitrogens is 9. The summed E-state index contributed by atoms with van der Waals surface area (Å²) in [6, 6.07) is 0. The lowest BCUT2D eigenvalue weighted by Gasteiger charge is -2.19. The Morgan fingerprint density at radius 2 is 1.98 bits per heavy atom. The van der Waals surface area contributed by atoms with Crippen LogP contribution in [0.1, 0.15) is 18.9 Å². The van der Waals surface area contributed by atoms with Crippen LogP contribution in [0.2, 0.25) is 0 Å². The van der Waals surface area contributed by atoms with Gasteiger partial charge in [0.2, 0.25) is 5.95 Å². The van der Waals surface area contributed by atoms with Crippen LogP contribution in [0.3, 0.4) is 0 Å². The Labute approximate surface area is 237 Å². The van der Waals surface area contributed by atoms with Gasteiger partial charge < -0.3 is 30.0 Å². The molecule has 0 amide bonds. The third-order valence-corrected chi connectivity index (χ3v) is 8.10. The number of nitrogens with two attached hydrogens (primary N) is 2. The highest BCUT2D eigenvalue weighted by Gasteiger charge is 2.50. The first-order valence-electron chi connectivity index (χ1n) is 12.5. The topological polar surface area (TPSA) is 238 Å². The number of nitrogens with zero attached hydrogens (tertiary/aromatic N) is 8. The zero-order valence-corrected chi connectivity index (χ0v) is 23.5. The number of hydrogen-bond donors (Lipinski definition) is 4. The maximum Gasteiger partial charge on any atom is 0.280 e. The molecule has 0 saturated carbocycles. The predicted molar refractivity (Wildman–Crippen MR) is 143 cm³/mol. The van der Waals surface area contributed by atoms with Crippen molar-refractivity contribution in [2.45, 2.75) is 49.7 Å². The van der Waals surface area contributed by atoms with Gasteiger partial charge in [0.1, 0.15) is 6.33 Å². The quantitative estimate of drug-likeness (QED) is 0.0793. The van der Waals surface area contributed by atoms with Crippen molar-refractivity contribution in [2.24, 2.45) is 5.92 Å². The van der Waals surface area contributed by atoms with Gasteiger partial charge in [-0.15, -0.1) is 5.10 Å². The molecule has 6 N–H and O–H groups in total. The molecule has 2 fully saturated rings. The summed E-state index contributed by atoms with van der Waals surface area (Å²) in [7, 11) is 1.78. The monoisotopic (exact) mass is 631 g/mol. The number of nitrogen functional groups attached to an aromatic ring is 2. The van der Waals surface area contributed by atoms with E-state index in [1.807, 2.05) is 0 Å². The van der Waals surface area contributed by atoms with Gasteiger partial charge >= 0.3 is 0 Å².